The van der Waals surface area contributed by atoms with Gasteiger partial charge in [-0.1, -0.05) is 11.3 Å². The molecule has 1 aliphatic heterocycles. The Morgan fingerprint density at radius 3 is 3.00 bits per heavy atom. The van der Waals surface area contributed by atoms with Crippen molar-refractivity contribution < 1.29 is 4.74 Å². The summed E-state index contributed by atoms with van der Waals surface area (Å²) >= 11 is 1.49. The summed E-state index contributed by atoms with van der Waals surface area (Å²) < 4.78 is 5.27. The standard InChI is InChI=1S/C8H14N4OS/c9-8(1-3-13-4-2-8)5-10-7-12-11-6-14-7/h6H,1-5,9H2,(H,10,12). The molecule has 14 heavy (non-hydrogen) atoms. The van der Waals surface area contributed by atoms with E-state index in [1.54, 1.807) is 5.51 Å². The lowest BCUT2D eigenvalue weighted by atomic mass is 9.91. The minimum Gasteiger partial charge on any atom is -0.381 e. The van der Waals surface area contributed by atoms with Gasteiger partial charge in [-0.15, -0.1) is 10.2 Å². The van der Waals surface area contributed by atoms with E-state index in [1.807, 2.05) is 0 Å². The van der Waals surface area contributed by atoms with E-state index in [9.17, 15) is 0 Å². The molecule has 1 aromatic rings. The van der Waals surface area contributed by atoms with Gasteiger partial charge >= 0.3 is 0 Å². The molecule has 1 saturated heterocycles. The van der Waals surface area contributed by atoms with Gasteiger partial charge in [0.25, 0.3) is 0 Å². The average Bonchev–Trinajstić information content (AvgIpc) is 2.69. The van der Waals surface area contributed by atoms with Crippen molar-refractivity contribution in [1.82, 2.24) is 10.2 Å². The maximum Gasteiger partial charge on any atom is 0.205 e. The van der Waals surface area contributed by atoms with E-state index in [0.717, 1.165) is 37.7 Å². The second kappa shape index (κ2) is 4.20. The van der Waals surface area contributed by atoms with Crippen LogP contribution in [0.5, 0.6) is 0 Å². The van der Waals surface area contributed by atoms with E-state index >= 15 is 0 Å². The fourth-order valence-corrected chi connectivity index (χ4v) is 1.90. The normalized spacial score (nSPS) is 20.6. The first-order valence-electron chi connectivity index (χ1n) is 4.65. The lowest BCUT2D eigenvalue weighted by Gasteiger charge is -2.33. The largest absolute Gasteiger partial charge is 0.381 e. The zero-order valence-corrected chi connectivity index (χ0v) is 8.72. The van der Waals surface area contributed by atoms with Crippen LogP contribution in [0.1, 0.15) is 12.8 Å². The van der Waals surface area contributed by atoms with Gasteiger partial charge in [0.2, 0.25) is 5.13 Å². The summed E-state index contributed by atoms with van der Waals surface area (Å²) in [5.74, 6) is 0. The minimum atomic E-state index is -0.149. The number of anilines is 1. The molecule has 0 aromatic carbocycles. The van der Waals surface area contributed by atoms with Crippen LogP contribution < -0.4 is 11.1 Å². The monoisotopic (exact) mass is 214 g/mol. The fraction of sp³-hybridized carbons (Fsp3) is 0.750. The van der Waals surface area contributed by atoms with Gasteiger partial charge in [-0.3, -0.25) is 0 Å². The fourth-order valence-electron chi connectivity index (χ4n) is 1.46. The molecular weight excluding hydrogens is 200 g/mol. The van der Waals surface area contributed by atoms with E-state index in [2.05, 4.69) is 15.5 Å². The third-order valence-corrected chi connectivity index (χ3v) is 3.09. The maximum atomic E-state index is 6.19. The van der Waals surface area contributed by atoms with Crippen molar-refractivity contribution in [3.8, 4) is 0 Å². The number of nitrogens with one attached hydrogen (secondary N) is 1. The van der Waals surface area contributed by atoms with Crippen molar-refractivity contribution in [1.29, 1.82) is 0 Å². The van der Waals surface area contributed by atoms with Crippen LogP contribution in [0, 0.1) is 0 Å². The number of ether oxygens (including phenoxy) is 1. The van der Waals surface area contributed by atoms with E-state index < -0.39 is 0 Å². The number of hydrogen-bond donors (Lipinski definition) is 2. The van der Waals surface area contributed by atoms with Crippen molar-refractivity contribution >= 4 is 16.5 Å². The molecule has 3 N–H and O–H groups in total. The molecule has 1 fully saturated rings. The first-order chi connectivity index (χ1) is 6.79. The molecule has 0 radical (unpaired) electrons. The second-order valence-electron chi connectivity index (χ2n) is 3.57. The molecule has 0 amide bonds. The zero-order valence-electron chi connectivity index (χ0n) is 7.90. The maximum absolute atomic E-state index is 6.19. The number of nitrogens with two attached hydrogens (primary N) is 1. The molecule has 1 aliphatic rings. The number of aromatic nitrogens is 2. The van der Waals surface area contributed by atoms with E-state index in [4.69, 9.17) is 10.5 Å². The summed E-state index contributed by atoms with van der Waals surface area (Å²) in [6.45, 7) is 2.26. The lowest BCUT2D eigenvalue weighted by molar-refractivity contribution is 0.0575. The molecule has 6 heteroatoms. The Morgan fingerprint density at radius 1 is 1.57 bits per heavy atom. The van der Waals surface area contributed by atoms with Crippen LogP contribution in [-0.2, 0) is 4.74 Å². The van der Waals surface area contributed by atoms with Gasteiger partial charge in [0.15, 0.2) is 0 Å². The Bertz CT molecular complexity index is 271. The first-order valence-corrected chi connectivity index (χ1v) is 5.53. The molecule has 5 nitrogen and oxygen atoms in total. The van der Waals surface area contributed by atoms with Crippen LogP contribution in [0.25, 0.3) is 0 Å². The SMILES string of the molecule is NC1(CNc2nncs2)CCOCC1. The van der Waals surface area contributed by atoms with Crippen molar-refractivity contribution in [2.75, 3.05) is 25.1 Å². The zero-order chi connectivity index (χ0) is 9.86. The van der Waals surface area contributed by atoms with Crippen molar-refractivity contribution in [3.05, 3.63) is 5.51 Å². The Hall–Kier alpha value is -0.720. The summed E-state index contributed by atoms with van der Waals surface area (Å²) in [5.41, 5.74) is 7.74. The molecule has 0 unspecified atom stereocenters. The topological polar surface area (TPSA) is 73.1 Å². The van der Waals surface area contributed by atoms with Gasteiger partial charge in [0.1, 0.15) is 5.51 Å². The Morgan fingerprint density at radius 2 is 2.36 bits per heavy atom. The molecule has 0 aliphatic carbocycles. The number of nitrogens with zero attached hydrogens (tertiary/aromatic N) is 2. The molecule has 2 rings (SSSR count). The van der Waals surface area contributed by atoms with Crippen molar-refractivity contribution in [2.45, 2.75) is 18.4 Å². The summed E-state index contributed by atoms with van der Waals surface area (Å²) in [4.78, 5) is 0. The molecule has 0 spiro atoms. The predicted molar refractivity (Wildman–Crippen MR) is 55.4 cm³/mol. The van der Waals surface area contributed by atoms with E-state index in [-0.39, 0.29) is 5.54 Å². The van der Waals surface area contributed by atoms with Crippen LogP contribution in [0.15, 0.2) is 5.51 Å². The third-order valence-electron chi connectivity index (χ3n) is 2.44. The Kier molecular flexibility index (Phi) is 2.95. The lowest BCUT2D eigenvalue weighted by Crippen LogP contribution is -2.50. The van der Waals surface area contributed by atoms with Crippen LogP contribution in [-0.4, -0.2) is 35.5 Å². The molecule has 0 saturated carbocycles. The molecular formula is C8H14N4OS. The predicted octanol–water partition coefficient (Wildman–Crippen LogP) is 0.458. The Balaban J connectivity index is 1.84. The molecule has 2 heterocycles. The van der Waals surface area contributed by atoms with Crippen molar-refractivity contribution in [3.63, 3.8) is 0 Å². The average molecular weight is 214 g/mol. The van der Waals surface area contributed by atoms with Gasteiger partial charge in [-0.25, -0.2) is 0 Å². The summed E-state index contributed by atoms with van der Waals surface area (Å²) in [6.07, 6.45) is 1.80. The summed E-state index contributed by atoms with van der Waals surface area (Å²) in [5, 5.41) is 11.7. The van der Waals surface area contributed by atoms with Gasteiger partial charge in [0, 0.05) is 25.3 Å². The smallest absolute Gasteiger partial charge is 0.205 e. The van der Waals surface area contributed by atoms with E-state index in [0.29, 0.717) is 0 Å². The third kappa shape index (κ3) is 2.40. The van der Waals surface area contributed by atoms with Crippen LogP contribution in [0.2, 0.25) is 0 Å². The van der Waals surface area contributed by atoms with Crippen molar-refractivity contribution in [2.24, 2.45) is 5.73 Å². The number of rotatable bonds is 3. The highest BCUT2D eigenvalue weighted by Crippen LogP contribution is 2.19. The highest BCUT2D eigenvalue weighted by Gasteiger charge is 2.27. The van der Waals surface area contributed by atoms with Crippen LogP contribution in [0.4, 0.5) is 5.13 Å². The minimum absolute atomic E-state index is 0.149. The van der Waals surface area contributed by atoms with Gasteiger partial charge in [-0.05, 0) is 12.8 Å². The molecule has 78 valence electrons. The molecule has 0 atom stereocenters. The van der Waals surface area contributed by atoms with Crippen LogP contribution >= 0.6 is 11.3 Å². The van der Waals surface area contributed by atoms with E-state index in [1.165, 1.54) is 11.3 Å². The summed E-state index contributed by atoms with van der Waals surface area (Å²) in [6, 6.07) is 0. The first kappa shape index (κ1) is 9.82. The highest BCUT2D eigenvalue weighted by atomic mass is 32.1. The number of hydrogen-bond acceptors (Lipinski definition) is 6. The highest BCUT2D eigenvalue weighted by molar-refractivity contribution is 7.13. The molecule has 1 aromatic heterocycles. The summed E-state index contributed by atoms with van der Waals surface area (Å²) in [7, 11) is 0. The van der Waals surface area contributed by atoms with Gasteiger partial charge in [-0.2, -0.15) is 0 Å². The molecule has 0 bridgehead atoms. The van der Waals surface area contributed by atoms with Crippen LogP contribution in [0.3, 0.4) is 0 Å². The van der Waals surface area contributed by atoms with Gasteiger partial charge in [0.05, 0.1) is 0 Å². The second-order valence-corrected chi connectivity index (χ2v) is 4.41. The quantitative estimate of drug-likeness (QED) is 0.764. The van der Waals surface area contributed by atoms with Gasteiger partial charge < -0.3 is 15.8 Å². The Labute approximate surface area is 86.7 Å².